The van der Waals surface area contributed by atoms with Crippen LogP contribution in [-0.2, 0) is 28.6 Å². The third kappa shape index (κ3) is 31.9. The van der Waals surface area contributed by atoms with E-state index < -0.39 is 24.1 Å². The first-order valence-corrected chi connectivity index (χ1v) is 18.8. The smallest absolute Gasteiger partial charge is 0.362 e. The van der Waals surface area contributed by atoms with E-state index in [1.807, 2.05) is 33.3 Å². The molecule has 0 aromatic rings. The Bertz CT molecular complexity index is 1150. The molecule has 0 bridgehead atoms. The minimum atomic E-state index is -0.898. The zero-order valence-electron chi connectivity index (χ0n) is 32.3. The zero-order valence-corrected chi connectivity index (χ0v) is 32.3. The van der Waals surface area contributed by atoms with Gasteiger partial charge in [0.25, 0.3) is 0 Å². The molecule has 2 unspecified atom stereocenters. The molecule has 1 N–H and O–H groups in total. The van der Waals surface area contributed by atoms with Gasteiger partial charge in [-0.3, -0.25) is 9.59 Å². The highest BCUT2D eigenvalue weighted by molar-refractivity contribution is 5.72. The number of esters is 2. The summed E-state index contributed by atoms with van der Waals surface area (Å²) in [5.74, 6) is -1.66. The van der Waals surface area contributed by atoms with E-state index in [0.717, 1.165) is 57.8 Å². The molecular formula is C43H68NO7+. The quantitative estimate of drug-likeness (QED) is 0.0331. The Balaban J connectivity index is 4.47. The van der Waals surface area contributed by atoms with Crippen molar-refractivity contribution in [2.45, 2.75) is 116 Å². The first-order valence-electron chi connectivity index (χ1n) is 18.8. The minimum absolute atomic E-state index is 0.0126. The summed E-state index contributed by atoms with van der Waals surface area (Å²) in [4.78, 5) is 36.6. The van der Waals surface area contributed by atoms with Gasteiger partial charge in [-0.05, 0) is 70.6 Å². The van der Waals surface area contributed by atoms with Gasteiger partial charge in [0.1, 0.15) is 6.61 Å². The van der Waals surface area contributed by atoms with Gasteiger partial charge in [-0.1, -0.05) is 111 Å². The number of aliphatic carboxylic acids is 1. The summed E-state index contributed by atoms with van der Waals surface area (Å²) in [5.41, 5.74) is 0. The fourth-order valence-corrected chi connectivity index (χ4v) is 4.63. The van der Waals surface area contributed by atoms with E-state index in [1.54, 1.807) is 0 Å². The van der Waals surface area contributed by atoms with Crippen molar-refractivity contribution in [1.29, 1.82) is 0 Å². The topological polar surface area (TPSA) is 99.1 Å². The van der Waals surface area contributed by atoms with Crippen molar-refractivity contribution >= 4 is 17.9 Å². The van der Waals surface area contributed by atoms with Crippen LogP contribution in [-0.4, -0.2) is 80.6 Å². The highest BCUT2D eigenvalue weighted by Crippen LogP contribution is 2.10. The maximum Gasteiger partial charge on any atom is 0.362 e. The molecule has 8 heteroatoms. The number of carbonyl (C=O) groups excluding carboxylic acids is 2. The lowest BCUT2D eigenvalue weighted by Crippen LogP contribution is -2.50. The van der Waals surface area contributed by atoms with Crippen LogP contribution in [0.15, 0.2) is 97.2 Å². The van der Waals surface area contributed by atoms with Crippen LogP contribution in [0.2, 0.25) is 0 Å². The van der Waals surface area contributed by atoms with Crippen molar-refractivity contribution in [2.75, 3.05) is 41.0 Å². The number of carbonyl (C=O) groups is 3. The number of nitrogens with zero attached hydrogens (tertiary/aromatic N) is 1. The Morgan fingerprint density at radius 3 is 1.49 bits per heavy atom. The molecule has 0 heterocycles. The monoisotopic (exact) mass is 710 g/mol. The number of rotatable bonds is 31. The normalized spacial score (nSPS) is 14.1. The second-order valence-corrected chi connectivity index (χ2v) is 13.1. The van der Waals surface area contributed by atoms with E-state index in [-0.39, 0.29) is 43.1 Å². The van der Waals surface area contributed by atoms with Crippen molar-refractivity contribution in [1.82, 2.24) is 0 Å². The van der Waals surface area contributed by atoms with Gasteiger partial charge in [0, 0.05) is 19.3 Å². The highest BCUT2D eigenvalue weighted by Gasteiger charge is 2.31. The number of likely N-dealkylation sites (N-methyl/N-ethyl adjacent to an activating group) is 1. The van der Waals surface area contributed by atoms with Gasteiger partial charge in [-0.25, -0.2) is 4.79 Å². The van der Waals surface area contributed by atoms with Crippen LogP contribution in [0, 0.1) is 0 Å². The Morgan fingerprint density at radius 2 is 1.04 bits per heavy atom. The van der Waals surface area contributed by atoms with Crippen LogP contribution < -0.4 is 0 Å². The van der Waals surface area contributed by atoms with Crippen molar-refractivity contribution in [3.8, 4) is 0 Å². The Labute approximate surface area is 309 Å². The Hall–Kier alpha value is -3.75. The predicted octanol–water partition coefficient (Wildman–Crippen LogP) is 9.57. The van der Waals surface area contributed by atoms with Gasteiger partial charge in [-0.2, -0.15) is 0 Å². The molecule has 0 saturated heterocycles. The first-order chi connectivity index (χ1) is 24.6. The van der Waals surface area contributed by atoms with Crippen LogP contribution in [0.5, 0.6) is 0 Å². The molecule has 0 amide bonds. The maximum absolute atomic E-state index is 12.5. The summed E-state index contributed by atoms with van der Waals surface area (Å²) >= 11 is 0. The van der Waals surface area contributed by atoms with E-state index in [4.69, 9.17) is 14.2 Å². The van der Waals surface area contributed by atoms with Crippen LogP contribution in [0.4, 0.5) is 0 Å². The SMILES string of the molecule is CC/C=C/C/C=C/C/C=C/C/C=C/C/C=C/C/C=C/CCCC(=O)OCC(COCCC(C(=O)O)[N+](C)(C)C)OC(=O)CC/C=C/C/C=C/CC. The summed E-state index contributed by atoms with van der Waals surface area (Å²) < 4.78 is 17.0. The van der Waals surface area contributed by atoms with E-state index in [2.05, 4.69) is 98.9 Å². The molecule has 0 aromatic carbocycles. The number of quaternary nitrogens is 1. The van der Waals surface area contributed by atoms with Crippen LogP contribution in [0.25, 0.3) is 0 Å². The van der Waals surface area contributed by atoms with Crippen molar-refractivity contribution in [3.63, 3.8) is 0 Å². The average molecular weight is 711 g/mol. The van der Waals surface area contributed by atoms with Crippen molar-refractivity contribution in [3.05, 3.63) is 97.2 Å². The molecule has 0 spiro atoms. The highest BCUT2D eigenvalue weighted by atomic mass is 16.6. The van der Waals surface area contributed by atoms with E-state index >= 15 is 0 Å². The molecule has 0 rings (SSSR count). The van der Waals surface area contributed by atoms with E-state index in [9.17, 15) is 19.5 Å². The summed E-state index contributed by atoms with van der Waals surface area (Å²) in [7, 11) is 5.46. The van der Waals surface area contributed by atoms with Crippen molar-refractivity contribution in [2.24, 2.45) is 0 Å². The molecular weight excluding hydrogens is 642 g/mol. The molecule has 0 radical (unpaired) electrons. The molecule has 0 saturated carbocycles. The molecule has 0 aromatic heterocycles. The van der Waals surface area contributed by atoms with E-state index in [0.29, 0.717) is 19.3 Å². The standard InChI is InChI=1S/C43H67NO7/c1-6-8-10-12-14-15-16-17-18-19-20-21-22-23-24-25-26-28-29-31-33-41(45)50-38-39(37-49-36-35-40(43(47)48)44(3,4)5)51-42(46)34-32-30-27-13-11-9-7-2/h8-11,14-15,17-18,20-21,23-24,26-28,30,39-40H,6-7,12-13,16,19,22,25,29,31-38H2,1-5H3/p+1/b10-8+,11-9+,15-14+,18-17+,21-20+,24-23+,28-26+,30-27+. The van der Waals surface area contributed by atoms with Crippen molar-refractivity contribution < 1.29 is 38.2 Å². The maximum atomic E-state index is 12.5. The summed E-state index contributed by atoms with van der Waals surface area (Å²) in [6.45, 7) is 4.30. The number of hydrogen-bond acceptors (Lipinski definition) is 6. The number of allylic oxidation sites excluding steroid dienone is 16. The van der Waals surface area contributed by atoms with Gasteiger partial charge in [0.15, 0.2) is 12.1 Å². The third-order valence-electron chi connectivity index (χ3n) is 7.49. The van der Waals surface area contributed by atoms with Gasteiger partial charge >= 0.3 is 17.9 Å². The molecule has 2 atom stereocenters. The Kier molecular flexibility index (Phi) is 30.9. The second kappa shape index (κ2) is 33.4. The van der Waals surface area contributed by atoms with Crippen LogP contribution >= 0.6 is 0 Å². The third-order valence-corrected chi connectivity index (χ3v) is 7.49. The number of hydrogen-bond donors (Lipinski definition) is 1. The summed E-state index contributed by atoms with van der Waals surface area (Å²) in [5, 5.41) is 9.55. The van der Waals surface area contributed by atoms with Crippen LogP contribution in [0.3, 0.4) is 0 Å². The molecule has 0 aliphatic heterocycles. The van der Waals surface area contributed by atoms with Gasteiger partial charge < -0.3 is 23.8 Å². The number of ether oxygens (including phenoxy) is 3. The lowest BCUT2D eigenvalue weighted by atomic mass is 10.1. The second-order valence-electron chi connectivity index (χ2n) is 13.1. The molecule has 0 aliphatic rings. The van der Waals surface area contributed by atoms with Gasteiger partial charge in [0.05, 0.1) is 34.4 Å². The number of unbranched alkanes of at least 4 members (excludes halogenated alkanes) is 1. The molecule has 286 valence electrons. The molecule has 8 nitrogen and oxygen atoms in total. The molecule has 51 heavy (non-hydrogen) atoms. The lowest BCUT2D eigenvalue weighted by molar-refractivity contribution is -0.887. The zero-order chi connectivity index (χ0) is 37.8. The Morgan fingerprint density at radius 1 is 0.588 bits per heavy atom. The fraction of sp³-hybridized carbons (Fsp3) is 0.558. The lowest BCUT2D eigenvalue weighted by Gasteiger charge is -2.31. The summed E-state index contributed by atoms with van der Waals surface area (Å²) in [6.07, 6.45) is 43.6. The number of carboxylic acid groups (broad SMARTS) is 1. The summed E-state index contributed by atoms with van der Waals surface area (Å²) in [6, 6.07) is -0.635. The minimum Gasteiger partial charge on any atom is -0.477 e. The fourth-order valence-electron chi connectivity index (χ4n) is 4.63. The predicted molar refractivity (Wildman–Crippen MR) is 210 cm³/mol. The van der Waals surface area contributed by atoms with Gasteiger partial charge in [-0.15, -0.1) is 0 Å². The largest absolute Gasteiger partial charge is 0.477 e. The van der Waals surface area contributed by atoms with E-state index in [1.165, 1.54) is 0 Å². The first kappa shape index (κ1) is 47.2. The van der Waals surface area contributed by atoms with Crippen LogP contribution in [0.1, 0.15) is 104 Å². The molecule has 0 fully saturated rings. The van der Waals surface area contributed by atoms with Gasteiger partial charge in [0.2, 0.25) is 0 Å². The number of carboxylic acids is 1. The molecule has 0 aliphatic carbocycles. The average Bonchev–Trinajstić information content (AvgIpc) is 3.08.